The van der Waals surface area contributed by atoms with Gasteiger partial charge in [-0.2, -0.15) is 0 Å². The van der Waals surface area contributed by atoms with Crippen molar-refractivity contribution in [2.24, 2.45) is 0 Å². The van der Waals surface area contributed by atoms with E-state index in [9.17, 15) is 91.0 Å². The van der Waals surface area contributed by atoms with Crippen molar-refractivity contribution in [3.63, 3.8) is 0 Å². The van der Waals surface area contributed by atoms with Crippen molar-refractivity contribution in [2.45, 2.75) is 43.9 Å². The molecule has 33 heteroatoms. The highest BCUT2D eigenvalue weighted by molar-refractivity contribution is 5.59. The molecule has 5 heterocycles. The molecule has 46 heavy (non-hydrogen) atoms. The molecule has 5 saturated heterocycles. The summed E-state index contributed by atoms with van der Waals surface area (Å²) in [5.41, 5.74) is -2.16. The van der Waals surface area contributed by atoms with Crippen LogP contribution in [0.4, 0.5) is 17.1 Å². The summed E-state index contributed by atoms with van der Waals surface area (Å²) in [7, 11) is 0. The van der Waals surface area contributed by atoms with E-state index in [1.165, 1.54) is 6.92 Å². The van der Waals surface area contributed by atoms with Crippen LogP contribution in [0.25, 0.3) is 0 Å². The predicted molar refractivity (Wildman–Crippen MR) is 127 cm³/mol. The molecule has 0 amide bonds. The van der Waals surface area contributed by atoms with Crippen molar-refractivity contribution in [2.75, 3.05) is 0 Å². The van der Waals surface area contributed by atoms with Crippen molar-refractivity contribution in [3.05, 3.63) is 109 Å². The van der Waals surface area contributed by atoms with E-state index in [0.29, 0.717) is 12.1 Å². The van der Waals surface area contributed by atoms with E-state index in [1.807, 2.05) is 0 Å². The fraction of sp³-hybridized carbons (Fsp3) is 0.538. The minimum Gasteiger partial charge on any atom is -0.258 e. The Hall–Kier alpha value is -7.38. The van der Waals surface area contributed by atoms with Crippen LogP contribution in [0, 0.1) is 98.0 Å². The topological polar surface area (TPSA) is 408 Å². The van der Waals surface area contributed by atoms with Gasteiger partial charge in [-0.15, -0.1) is 0 Å². The molecule has 33 nitrogen and oxygen atoms in total. The molecule has 5 aliphatic rings. The molecule has 0 radical (unpaired) electrons. The third-order valence-electron chi connectivity index (χ3n) is 7.13. The average Bonchev–Trinajstić information content (AvgIpc) is 3.37. The predicted octanol–water partition coefficient (Wildman–Crippen LogP) is -2.32. The van der Waals surface area contributed by atoms with Gasteiger partial charge < -0.3 is 0 Å². The van der Waals surface area contributed by atoms with Crippen LogP contribution >= 0.6 is 0 Å². The Morgan fingerprint density at radius 3 is 0.739 bits per heavy atom. The quantitative estimate of drug-likeness (QED) is 0.197. The summed E-state index contributed by atoms with van der Waals surface area (Å²) in [6.45, 7) is 1.17. The molecule has 0 spiro atoms. The van der Waals surface area contributed by atoms with Crippen LogP contribution in [0.1, 0.15) is 5.56 Å². The second-order valence-electron chi connectivity index (χ2n) is 9.07. The molecule has 0 N–H and O–H groups in total. The summed E-state index contributed by atoms with van der Waals surface area (Å²) in [4.78, 5) is 98.7. The van der Waals surface area contributed by atoms with Crippen molar-refractivity contribution in [1.29, 1.82) is 0 Å². The molecule has 6 bridgehead atoms. The molecule has 246 valence electrons. The number of nitro benzene ring substituents is 3. The van der Waals surface area contributed by atoms with Gasteiger partial charge in [-0.1, -0.05) is 30.1 Å². The van der Waals surface area contributed by atoms with Gasteiger partial charge in [0, 0.05) is 0 Å². The molecule has 0 saturated carbocycles. The van der Waals surface area contributed by atoms with Crippen molar-refractivity contribution < 1.29 is 45.0 Å². The van der Waals surface area contributed by atoms with Gasteiger partial charge in [-0.25, -0.2) is 60.7 Å². The summed E-state index contributed by atoms with van der Waals surface area (Å²) < 4.78 is 0. The van der Waals surface area contributed by atoms with E-state index in [2.05, 4.69) is 0 Å². The summed E-state index contributed by atoms with van der Waals surface area (Å²) in [5, 5.41) is 91.9. The maximum absolute atomic E-state index is 11.7. The fourth-order valence-corrected chi connectivity index (χ4v) is 5.62. The van der Waals surface area contributed by atoms with Gasteiger partial charge in [-0.05, 0) is 6.92 Å². The van der Waals surface area contributed by atoms with E-state index in [-0.39, 0.29) is 35.6 Å². The van der Waals surface area contributed by atoms with Gasteiger partial charge in [0.1, 0.15) is 5.56 Å². The van der Waals surface area contributed by atoms with Gasteiger partial charge in [0.15, 0.2) is 30.2 Å². The first-order valence-corrected chi connectivity index (χ1v) is 11.4. The minimum absolute atomic E-state index is 0.180. The highest BCUT2D eigenvalue weighted by atomic mass is 16.7. The highest BCUT2D eigenvalue weighted by Crippen LogP contribution is 2.51. The lowest BCUT2D eigenvalue weighted by Gasteiger charge is -2.39. The highest BCUT2D eigenvalue weighted by Gasteiger charge is 2.89. The first-order chi connectivity index (χ1) is 21.3. The zero-order valence-electron chi connectivity index (χ0n) is 21.7. The van der Waals surface area contributed by atoms with E-state index in [1.54, 1.807) is 0 Å². The van der Waals surface area contributed by atoms with Crippen LogP contribution in [0.2, 0.25) is 0 Å². The summed E-state index contributed by atoms with van der Waals surface area (Å²) >= 11 is 0. The number of hydrogen-bond donors (Lipinski definition) is 0. The monoisotopic (exact) mass is 665 g/mol. The molecule has 6 rings (SSSR count). The summed E-state index contributed by atoms with van der Waals surface area (Å²) in [6, 6.07) is 1.39. The number of nitro groups is 9. The Balaban J connectivity index is 0.000000254. The third kappa shape index (κ3) is 4.24. The van der Waals surface area contributed by atoms with Crippen molar-refractivity contribution >= 4 is 17.1 Å². The minimum atomic E-state index is -2.47. The maximum Gasteiger partial charge on any atom is 0.286 e. The molecule has 0 atom stereocenters. The van der Waals surface area contributed by atoms with Crippen LogP contribution in [0.15, 0.2) is 12.1 Å². The second kappa shape index (κ2) is 10.4. The van der Waals surface area contributed by atoms with Crippen LogP contribution in [0.3, 0.4) is 0 Å². The van der Waals surface area contributed by atoms with Gasteiger partial charge in [-0.3, -0.25) is 30.3 Å². The van der Waals surface area contributed by atoms with Crippen LogP contribution < -0.4 is 0 Å². The molecule has 0 aromatic heterocycles. The Kier molecular flexibility index (Phi) is 7.14. The molecule has 5 aliphatic heterocycles. The summed E-state index contributed by atoms with van der Waals surface area (Å²) in [5.74, 6) is 0. The summed E-state index contributed by atoms with van der Waals surface area (Å²) in [6.07, 6.45) is -14.4. The standard InChI is InChI=1S/C7H5N3O6.C6H6N12O12/c1-4-6(9(13)14)2-5(8(11)12)3-7(4)10(15)16;19-13(20)7-1-2-8(14(21)22)5(7)6-9(15(23)24)3(11(1)17(27)28)4(10(6)16(25)26)12(2)18(29)30/h2-3H,1H3;1-6H. The largest absolute Gasteiger partial charge is 0.286 e. The Morgan fingerprint density at radius 2 is 0.609 bits per heavy atom. The van der Waals surface area contributed by atoms with E-state index >= 15 is 0 Å². The normalized spacial score (nSPS) is 25.1. The molecule has 0 unspecified atom stereocenters. The number of nitrogens with zero attached hydrogens (tertiary/aromatic N) is 15. The first-order valence-electron chi connectivity index (χ1n) is 11.4. The Morgan fingerprint density at radius 1 is 0.413 bits per heavy atom. The molecular formula is C13H11N15O18. The lowest BCUT2D eigenvalue weighted by molar-refractivity contribution is -0.792. The van der Waals surface area contributed by atoms with Gasteiger partial charge in [0.25, 0.3) is 54.1 Å². The number of hydrazine groups is 6. The lowest BCUT2D eigenvalue weighted by Crippen LogP contribution is -2.77. The fourth-order valence-electron chi connectivity index (χ4n) is 5.62. The van der Waals surface area contributed by atoms with E-state index in [4.69, 9.17) is 0 Å². The van der Waals surface area contributed by atoms with Gasteiger partial charge in [0.2, 0.25) is 0 Å². The smallest absolute Gasteiger partial charge is 0.258 e. The van der Waals surface area contributed by atoms with Crippen LogP contribution in [-0.2, 0) is 0 Å². The number of non-ortho nitro benzene ring substituents is 1. The SMILES string of the molecule is Cc1c([N+](=O)[O-])cc([N+](=O)[O-])cc1[N+](=O)[O-].O=[N+]([O-])N1C2C3N([N+](=O)[O-])C1C1N([N+](=O)[O-])C(C(N1[N+](=O)[O-])N3[N+](=O)[O-])N2[N+](=O)[O-]. The molecular weight excluding hydrogens is 654 g/mol. The number of benzene rings is 1. The molecule has 1 aromatic carbocycles. The number of rotatable bonds is 9. The zero-order chi connectivity index (χ0) is 34.8. The maximum atomic E-state index is 11.7. The number of hydrogen-bond acceptors (Lipinski definition) is 18. The van der Waals surface area contributed by atoms with Crippen molar-refractivity contribution in [3.8, 4) is 0 Å². The van der Waals surface area contributed by atoms with E-state index < -0.39 is 99.0 Å². The molecule has 0 aliphatic carbocycles. The average molecular weight is 665 g/mol. The zero-order valence-corrected chi connectivity index (χ0v) is 21.7. The Labute approximate surface area is 245 Å². The lowest BCUT2D eigenvalue weighted by atomic mass is 10.1. The second-order valence-corrected chi connectivity index (χ2v) is 9.07. The Bertz CT molecular complexity index is 1470. The number of piperazine rings is 1. The third-order valence-corrected chi connectivity index (χ3v) is 7.13. The van der Waals surface area contributed by atoms with Crippen LogP contribution in [-0.4, -0.2) is 112 Å². The van der Waals surface area contributed by atoms with Gasteiger partial charge in [0.05, 0.1) is 26.9 Å². The van der Waals surface area contributed by atoms with Crippen LogP contribution in [0.5, 0.6) is 0 Å². The van der Waals surface area contributed by atoms with E-state index in [0.717, 1.165) is 0 Å². The van der Waals surface area contributed by atoms with Gasteiger partial charge >= 0.3 is 0 Å². The van der Waals surface area contributed by atoms with Crippen molar-refractivity contribution in [1.82, 2.24) is 30.1 Å². The first kappa shape index (κ1) is 31.6. The molecule has 5 fully saturated rings. The molecule has 1 aromatic rings.